The lowest BCUT2D eigenvalue weighted by Crippen LogP contribution is -1.98. The third-order valence-electron chi connectivity index (χ3n) is 2.31. The van der Waals surface area contributed by atoms with E-state index in [2.05, 4.69) is 9.97 Å². The minimum Gasteiger partial charge on any atom is -0.258 e. The van der Waals surface area contributed by atoms with Crippen molar-refractivity contribution in [2.75, 3.05) is 0 Å². The first-order valence-electron chi connectivity index (χ1n) is 4.92. The molecule has 1 aromatic carbocycles. The summed E-state index contributed by atoms with van der Waals surface area (Å²) in [5.74, 6) is -0.599. The second-order valence-corrected chi connectivity index (χ2v) is 3.95. The minimum absolute atomic E-state index is 0.0333. The summed E-state index contributed by atoms with van der Waals surface area (Å²) in [6.07, 6.45) is 0.965. The number of rotatable bonds is 2. The van der Waals surface area contributed by atoms with Crippen molar-refractivity contribution in [1.29, 1.82) is 0 Å². The van der Waals surface area contributed by atoms with Crippen LogP contribution in [0.2, 0.25) is 5.28 Å². The van der Waals surface area contributed by atoms with Gasteiger partial charge < -0.3 is 0 Å². The van der Waals surface area contributed by atoms with Crippen molar-refractivity contribution >= 4 is 17.3 Å². The number of nitrogens with zero attached hydrogens (tertiary/aromatic N) is 3. The number of halogens is 2. The zero-order chi connectivity index (χ0) is 13.3. The van der Waals surface area contributed by atoms with Crippen LogP contribution in [-0.2, 0) is 0 Å². The van der Waals surface area contributed by atoms with Crippen molar-refractivity contribution in [2.24, 2.45) is 0 Å². The molecule has 2 aromatic rings. The van der Waals surface area contributed by atoms with Gasteiger partial charge in [-0.1, -0.05) is 11.6 Å². The summed E-state index contributed by atoms with van der Waals surface area (Å²) < 4.78 is 13.7. The van der Waals surface area contributed by atoms with Crippen molar-refractivity contribution in [3.63, 3.8) is 0 Å². The molecule has 7 heteroatoms. The molecule has 0 bridgehead atoms. The van der Waals surface area contributed by atoms with Crippen LogP contribution in [0.1, 0.15) is 5.56 Å². The molecular formula is C11H7ClFN3O2. The second-order valence-electron chi connectivity index (χ2n) is 3.61. The van der Waals surface area contributed by atoms with Gasteiger partial charge >= 0.3 is 5.69 Å². The fraction of sp³-hybridized carbons (Fsp3) is 0.0909. The van der Waals surface area contributed by atoms with Crippen molar-refractivity contribution < 1.29 is 9.31 Å². The normalized spacial score (nSPS) is 10.4. The molecule has 1 aromatic heterocycles. The van der Waals surface area contributed by atoms with Crippen LogP contribution < -0.4 is 0 Å². The van der Waals surface area contributed by atoms with E-state index in [-0.39, 0.29) is 22.2 Å². The summed E-state index contributed by atoms with van der Waals surface area (Å²) in [7, 11) is 0. The van der Waals surface area contributed by atoms with E-state index >= 15 is 0 Å². The Morgan fingerprint density at radius 3 is 2.83 bits per heavy atom. The maximum atomic E-state index is 13.7. The predicted octanol–water partition coefficient (Wildman–Crippen LogP) is 3.15. The molecule has 0 aliphatic heterocycles. The number of aryl methyl sites for hydroxylation is 1. The molecule has 2 rings (SSSR count). The Balaban J connectivity index is 2.73. The quantitative estimate of drug-likeness (QED) is 0.476. The highest BCUT2D eigenvalue weighted by atomic mass is 35.5. The minimum atomic E-state index is -0.673. The van der Waals surface area contributed by atoms with Gasteiger partial charge in [0.1, 0.15) is 12.0 Å². The van der Waals surface area contributed by atoms with Crippen molar-refractivity contribution in [3.05, 3.63) is 51.2 Å². The smallest absolute Gasteiger partial charge is 0.258 e. The van der Waals surface area contributed by atoms with Gasteiger partial charge in [0.2, 0.25) is 5.28 Å². The molecule has 1 heterocycles. The van der Waals surface area contributed by atoms with Crippen LogP contribution in [0.3, 0.4) is 0 Å². The van der Waals surface area contributed by atoms with Crippen molar-refractivity contribution in [3.8, 4) is 11.3 Å². The highest BCUT2D eigenvalue weighted by molar-refractivity contribution is 6.28. The fourth-order valence-corrected chi connectivity index (χ4v) is 1.64. The van der Waals surface area contributed by atoms with Crippen LogP contribution in [-0.4, -0.2) is 14.9 Å². The molecule has 0 N–H and O–H groups in total. The second kappa shape index (κ2) is 4.66. The summed E-state index contributed by atoms with van der Waals surface area (Å²) in [4.78, 5) is 17.5. The number of nitro groups is 1. The van der Waals surface area contributed by atoms with Gasteiger partial charge in [0, 0.05) is 5.56 Å². The van der Waals surface area contributed by atoms with Gasteiger partial charge in [-0.25, -0.2) is 14.4 Å². The average Bonchev–Trinajstić information content (AvgIpc) is 2.31. The average molecular weight is 268 g/mol. The van der Waals surface area contributed by atoms with Gasteiger partial charge in [0.15, 0.2) is 5.69 Å². The molecule has 0 unspecified atom stereocenters. The van der Waals surface area contributed by atoms with Crippen LogP contribution in [0.25, 0.3) is 11.3 Å². The number of hydrogen-bond acceptors (Lipinski definition) is 4. The van der Waals surface area contributed by atoms with Gasteiger partial charge in [-0.05, 0) is 30.7 Å². The first-order valence-corrected chi connectivity index (χ1v) is 5.30. The molecule has 18 heavy (non-hydrogen) atoms. The molecule has 0 fully saturated rings. The highest BCUT2D eigenvalue weighted by Gasteiger charge is 2.21. The van der Waals surface area contributed by atoms with E-state index in [9.17, 15) is 14.5 Å². The lowest BCUT2D eigenvalue weighted by molar-refractivity contribution is -0.384. The van der Waals surface area contributed by atoms with Crippen LogP contribution in [0.15, 0.2) is 24.4 Å². The Labute approximate surface area is 106 Å². The molecule has 0 amide bonds. The van der Waals surface area contributed by atoms with Crippen molar-refractivity contribution in [2.45, 2.75) is 6.92 Å². The zero-order valence-electron chi connectivity index (χ0n) is 9.22. The summed E-state index contributed by atoms with van der Waals surface area (Å²) >= 11 is 5.60. The van der Waals surface area contributed by atoms with E-state index in [0.717, 1.165) is 11.8 Å². The standard InChI is InChI=1S/C11H7ClFN3O2/c1-6-2-3-8(13)7(4-6)10-9(16(17)18)5-14-11(12)15-10/h2-5H,1H3. The Bertz CT molecular complexity index is 634. The van der Waals surface area contributed by atoms with Gasteiger partial charge in [0.25, 0.3) is 0 Å². The molecule has 92 valence electrons. The topological polar surface area (TPSA) is 68.9 Å². The third-order valence-corrected chi connectivity index (χ3v) is 2.50. The largest absolute Gasteiger partial charge is 0.313 e. The Hall–Kier alpha value is -2.08. The molecule has 0 saturated heterocycles. The van der Waals surface area contributed by atoms with E-state index in [0.29, 0.717) is 0 Å². The number of aromatic nitrogens is 2. The van der Waals surface area contributed by atoms with Gasteiger partial charge in [-0.15, -0.1) is 0 Å². The maximum Gasteiger partial charge on any atom is 0.313 e. The lowest BCUT2D eigenvalue weighted by Gasteiger charge is -2.04. The van der Waals surface area contributed by atoms with Gasteiger partial charge in [0.05, 0.1) is 4.92 Å². The number of hydrogen-bond donors (Lipinski definition) is 0. The van der Waals surface area contributed by atoms with Crippen LogP contribution >= 0.6 is 11.6 Å². The molecular weight excluding hydrogens is 261 g/mol. The van der Waals surface area contributed by atoms with Gasteiger partial charge in [-0.3, -0.25) is 10.1 Å². The lowest BCUT2D eigenvalue weighted by atomic mass is 10.1. The van der Waals surface area contributed by atoms with E-state index < -0.39 is 10.7 Å². The van der Waals surface area contributed by atoms with Crippen LogP contribution in [0.5, 0.6) is 0 Å². The first kappa shape index (κ1) is 12.4. The third kappa shape index (κ3) is 2.28. The van der Waals surface area contributed by atoms with Crippen molar-refractivity contribution in [1.82, 2.24) is 9.97 Å². The number of benzene rings is 1. The molecule has 0 saturated carbocycles. The Morgan fingerprint density at radius 1 is 1.44 bits per heavy atom. The molecule has 0 aliphatic carbocycles. The predicted molar refractivity (Wildman–Crippen MR) is 63.8 cm³/mol. The summed E-state index contributed by atoms with van der Waals surface area (Å²) in [6.45, 7) is 1.75. The molecule has 0 atom stereocenters. The maximum absolute atomic E-state index is 13.7. The van der Waals surface area contributed by atoms with E-state index in [4.69, 9.17) is 11.6 Å². The highest BCUT2D eigenvalue weighted by Crippen LogP contribution is 2.30. The summed E-state index contributed by atoms with van der Waals surface area (Å²) in [5, 5.41) is 10.7. The summed E-state index contributed by atoms with van der Waals surface area (Å²) in [6, 6.07) is 4.26. The van der Waals surface area contributed by atoms with Crippen LogP contribution in [0, 0.1) is 22.9 Å². The van der Waals surface area contributed by atoms with Crippen LogP contribution in [0.4, 0.5) is 10.1 Å². The van der Waals surface area contributed by atoms with E-state index in [1.165, 1.54) is 12.1 Å². The monoisotopic (exact) mass is 267 g/mol. The van der Waals surface area contributed by atoms with E-state index in [1.54, 1.807) is 13.0 Å². The molecule has 5 nitrogen and oxygen atoms in total. The molecule has 0 spiro atoms. The Kier molecular flexibility index (Phi) is 3.20. The molecule has 0 radical (unpaired) electrons. The Morgan fingerprint density at radius 2 is 2.17 bits per heavy atom. The SMILES string of the molecule is Cc1ccc(F)c(-c2nc(Cl)ncc2[N+](=O)[O-])c1. The summed E-state index contributed by atoms with van der Waals surface area (Å²) in [5.41, 5.74) is 0.284. The van der Waals surface area contributed by atoms with E-state index in [1.807, 2.05) is 0 Å². The first-order chi connectivity index (χ1) is 8.49. The molecule has 0 aliphatic rings. The fourth-order valence-electron chi connectivity index (χ4n) is 1.51. The zero-order valence-corrected chi connectivity index (χ0v) is 9.98. The van der Waals surface area contributed by atoms with Gasteiger partial charge in [-0.2, -0.15) is 0 Å².